The van der Waals surface area contributed by atoms with Crippen molar-refractivity contribution in [1.29, 1.82) is 0 Å². The van der Waals surface area contributed by atoms with Crippen LogP contribution in [0.3, 0.4) is 0 Å². The third-order valence-corrected chi connectivity index (χ3v) is 4.71. The first kappa shape index (κ1) is 18.0. The molecule has 3 nitrogen and oxygen atoms in total. The van der Waals surface area contributed by atoms with Gasteiger partial charge in [-0.25, -0.2) is 4.39 Å². The summed E-state index contributed by atoms with van der Waals surface area (Å²) in [5.74, 6) is -1.14. The standard InChI is InChI=1S/C21H14F4N2O/c22-14-7-8-17-16(10-14)19-15(20(26)28)5-2-6-18(19)27(17)11-12-3-1-4-13(9-12)21(23,24)25/h1-10H,11H2,(H2,26,28). The maximum Gasteiger partial charge on any atom is 0.416 e. The molecule has 0 aliphatic rings. The van der Waals surface area contributed by atoms with Crippen molar-refractivity contribution in [2.24, 2.45) is 5.73 Å². The molecule has 1 aromatic heterocycles. The largest absolute Gasteiger partial charge is 0.416 e. The molecule has 0 aliphatic carbocycles. The highest BCUT2D eigenvalue weighted by molar-refractivity contribution is 6.17. The minimum Gasteiger partial charge on any atom is -0.366 e. The SMILES string of the molecule is NC(=O)c1cccc2c1c1cc(F)ccc1n2Cc1cccc(C(F)(F)F)c1. The van der Waals surface area contributed by atoms with Gasteiger partial charge >= 0.3 is 6.18 Å². The number of fused-ring (bicyclic) bond motifs is 3. The molecule has 1 amide bonds. The van der Waals surface area contributed by atoms with Crippen LogP contribution in [0.5, 0.6) is 0 Å². The maximum absolute atomic E-state index is 13.9. The van der Waals surface area contributed by atoms with E-state index in [1.165, 1.54) is 18.2 Å². The van der Waals surface area contributed by atoms with Gasteiger partial charge < -0.3 is 10.3 Å². The summed E-state index contributed by atoms with van der Waals surface area (Å²) in [5.41, 5.74) is 6.59. The van der Waals surface area contributed by atoms with E-state index in [9.17, 15) is 22.4 Å². The Bertz CT molecular complexity index is 1220. The number of aromatic nitrogens is 1. The highest BCUT2D eigenvalue weighted by Crippen LogP contribution is 2.34. The van der Waals surface area contributed by atoms with Crippen molar-refractivity contribution in [2.75, 3.05) is 0 Å². The van der Waals surface area contributed by atoms with E-state index in [4.69, 9.17) is 5.73 Å². The zero-order chi connectivity index (χ0) is 20.1. The molecule has 0 aliphatic heterocycles. The van der Waals surface area contributed by atoms with E-state index >= 15 is 0 Å². The number of alkyl halides is 3. The van der Waals surface area contributed by atoms with Crippen LogP contribution in [0.1, 0.15) is 21.5 Å². The Morgan fingerprint density at radius 1 is 0.964 bits per heavy atom. The summed E-state index contributed by atoms with van der Waals surface area (Å²) in [6.07, 6.45) is -4.45. The lowest BCUT2D eigenvalue weighted by atomic mass is 10.1. The number of carbonyl (C=O) groups excluding carboxylic acids is 1. The molecule has 0 fully saturated rings. The first-order valence-corrected chi connectivity index (χ1v) is 8.42. The molecule has 1 heterocycles. The van der Waals surface area contributed by atoms with Gasteiger partial charge in [0.15, 0.2) is 0 Å². The fourth-order valence-electron chi connectivity index (χ4n) is 3.53. The van der Waals surface area contributed by atoms with Crippen LogP contribution in [0.15, 0.2) is 60.7 Å². The summed E-state index contributed by atoms with van der Waals surface area (Å²) in [6.45, 7) is 0.123. The van der Waals surface area contributed by atoms with Crippen molar-refractivity contribution < 1.29 is 22.4 Å². The van der Waals surface area contributed by atoms with Gasteiger partial charge in [0, 0.05) is 28.4 Å². The van der Waals surface area contributed by atoms with E-state index in [0.29, 0.717) is 27.4 Å². The average molecular weight is 386 g/mol. The molecule has 3 aromatic carbocycles. The molecule has 0 bridgehead atoms. The first-order valence-electron chi connectivity index (χ1n) is 8.42. The van der Waals surface area contributed by atoms with Crippen molar-refractivity contribution in [3.8, 4) is 0 Å². The first-order chi connectivity index (χ1) is 13.3. The zero-order valence-electron chi connectivity index (χ0n) is 14.4. The monoisotopic (exact) mass is 386 g/mol. The molecule has 4 aromatic rings. The lowest BCUT2D eigenvalue weighted by Gasteiger charge is -2.11. The molecule has 0 saturated carbocycles. The molecule has 0 spiro atoms. The van der Waals surface area contributed by atoms with E-state index in [2.05, 4.69) is 0 Å². The fraction of sp³-hybridized carbons (Fsp3) is 0.0952. The van der Waals surface area contributed by atoms with Crippen LogP contribution < -0.4 is 5.73 Å². The summed E-state index contributed by atoms with van der Waals surface area (Å²) >= 11 is 0. The lowest BCUT2D eigenvalue weighted by molar-refractivity contribution is -0.137. The number of benzene rings is 3. The Hall–Kier alpha value is -3.35. The second-order valence-corrected chi connectivity index (χ2v) is 6.51. The Labute approximate surface area is 157 Å². The number of primary amides is 1. The van der Waals surface area contributed by atoms with Gasteiger partial charge in [0.1, 0.15) is 5.82 Å². The molecule has 142 valence electrons. The molecule has 28 heavy (non-hydrogen) atoms. The smallest absolute Gasteiger partial charge is 0.366 e. The summed E-state index contributed by atoms with van der Waals surface area (Å²) in [4.78, 5) is 11.9. The number of amides is 1. The highest BCUT2D eigenvalue weighted by atomic mass is 19.4. The summed E-state index contributed by atoms with van der Waals surface area (Å²) in [7, 11) is 0. The second-order valence-electron chi connectivity index (χ2n) is 6.51. The van der Waals surface area contributed by atoms with Gasteiger partial charge in [0.2, 0.25) is 5.91 Å². The van der Waals surface area contributed by atoms with E-state index in [-0.39, 0.29) is 12.1 Å². The van der Waals surface area contributed by atoms with Gasteiger partial charge in [-0.05, 0) is 48.0 Å². The minimum absolute atomic E-state index is 0.123. The number of hydrogen-bond acceptors (Lipinski definition) is 1. The van der Waals surface area contributed by atoms with Gasteiger partial charge in [0.25, 0.3) is 0 Å². The van der Waals surface area contributed by atoms with Crippen LogP contribution in [-0.2, 0) is 12.7 Å². The van der Waals surface area contributed by atoms with Gasteiger partial charge in [-0.15, -0.1) is 0 Å². The van der Waals surface area contributed by atoms with Crippen molar-refractivity contribution in [3.63, 3.8) is 0 Å². The number of hydrogen-bond donors (Lipinski definition) is 1. The van der Waals surface area contributed by atoms with Crippen molar-refractivity contribution in [3.05, 3.63) is 83.2 Å². The summed E-state index contributed by atoms with van der Waals surface area (Å²) in [5, 5.41) is 0.966. The van der Waals surface area contributed by atoms with Crippen LogP contribution in [0.2, 0.25) is 0 Å². The third kappa shape index (κ3) is 2.98. The normalized spacial score (nSPS) is 12.0. The topological polar surface area (TPSA) is 48.0 Å². The zero-order valence-corrected chi connectivity index (χ0v) is 14.4. The molecule has 4 rings (SSSR count). The molecular weight excluding hydrogens is 372 g/mol. The van der Waals surface area contributed by atoms with Gasteiger partial charge in [0.05, 0.1) is 11.1 Å². The molecular formula is C21H14F4N2O. The minimum atomic E-state index is -4.45. The van der Waals surface area contributed by atoms with E-state index < -0.39 is 23.5 Å². The molecule has 0 unspecified atom stereocenters. The van der Waals surface area contributed by atoms with Crippen LogP contribution in [0.4, 0.5) is 17.6 Å². The Morgan fingerprint density at radius 3 is 2.43 bits per heavy atom. The van der Waals surface area contributed by atoms with Gasteiger partial charge in [-0.3, -0.25) is 4.79 Å². The molecule has 0 saturated heterocycles. The van der Waals surface area contributed by atoms with Crippen LogP contribution in [-0.4, -0.2) is 10.5 Å². The van der Waals surface area contributed by atoms with Crippen molar-refractivity contribution >= 4 is 27.7 Å². The molecule has 0 radical (unpaired) electrons. The summed E-state index contributed by atoms with van der Waals surface area (Å²) in [6, 6.07) is 14.1. The summed E-state index contributed by atoms with van der Waals surface area (Å²) < 4.78 is 54.7. The molecule has 7 heteroatoms. The van der Waals surface area contributed by atoms with Crippen LogP contribution >= 0.6 is 0 Å². The average Bonchev–Trinajstić information content (AvgIpc) is 2.94. The van der Waals surface area contributed by atoms with Crippen molar-refractivity contribution in [2.45, 2.75) is 12.7 Å². The second kappa shape index (κ2) is 6.37. The van der Waals surface area contributed by atoms with Crippen LogP contribution in [0, 0.1) is 5.82 Å². The maximum atomic E-state index is 13.9. The molecule has 0 atom stereocenters. The number of carbonyl (C=O) groups is 1. The Balaban J connectivity index is 1.97. The van der Waals surface area contributed by atoms with Gasteiger partial charge in [-0.1, -0.05) is 18.2 Å². The fourth-order valence-corrected chi connectivity index (χ4v) is 3.53. The van der Waals surface area contributed by atoms with Crippen LogP contribution in [0.25, 0.3) is 21.8 Å². The number of nitrogens with zero attached hydrogens (tertiary/aromatic N) is 1. The highest BCUT2D eigenvalue weighted by Gasteiger charge is 2.30. The van der Waals surface area contributed by atoms with E-state index in [0.717, 1.165) is 12.1 Å². The van der Waals surface area contributed by atoms with Crippen molar-refractivity contribution in [1.82, 2.24) is 4.57 Å². The van der Waals surface area contributed by atoms with E-state index in [1.807, 2.05) is 0 Å². The van der Waals surface area contributed by atoms with E-state index in [1.54, 1.807) is 34.9 Å². The number of halogens is 4. The Kier molecular flexibility index (Phi) is 4.10. The predicted molar refractivity (Wildman–Crippen MR) is 98.5 cm³/mol. The van der Waals surface area contributed by atoms with Gasteiger partial charge in [-0.2, -0.15) is 13.2 Å². The number of rotatable bonds is 3. The Morgan fingerprint density at radius 2 is 1.71 bits per heavy atom. The lowest BCUT2D eigenvalue weighted by Crippen LogP contribution is -2.11. The quantitative estimate of drug-likeness (QED) is 0.490. The predicted octanol–water partition coefficient (Wildman–Crippen LogP) is 5.10. The number of nitrogens with two attached hydrogens (primary N) is 1. The molecule has 2 N–H and O–H groups in total. The third-order valence-electron chi connectivity index (χ3n) is 4.71.